The normalized spacial score (nSPS) is 10.3. The van der Waals surface area contributed by atoms with Gasteiger partial charge in [0.15, 0.2) is 5.13 Å². The van der Waals surface area contributed by atoms with Crippen molar-refractivity contribution in [2.24, 2.45) is 0 Å². The van der Waals surface area contributed by atoms with Gasteiger partial charge in [0.25, 0.3) is 0 Å². The van der Waals surface area contributed by atoms with Gasteiger partial charge in [-0.3, -0.25) is 14.9 Å². The van der Waals surface area contributed by atoms with E-state index in [1.54, 1.807) is 6.92 Å². The molecule has 0 aliphatic carbocycles. The summed E-state index contributed by atoms with van der Waals surface area (Å²) in [6, 6.07) is 1.24. The molecular formula is C9H8N6O5S. The molecule has 0 aliphatic heterocycles. The molecule has 0 aromatic carbocycles. The molecule has 2 aromatic heterocycles. The van der Waals surface area contributed by atoms with E-state index in [0.717, 1.165) is 10.9 Å². The fourth-order valence-corrected chi connectivity index (χ4v) is 2.09. The van der Waals surface area contributed by atoms with E-state index in [2.05, 4.69) is 15.4 Å². The maximum absolute atomic E-state index is 11.7. The van der Waals surface area contributed by atoms with E-state index in [1.807, 2.05) is 0 Å². The summed E-state index contributed by atoms with van der Waals surface area (Å²) in [4.78, 5) is 35.2. The summed E-state index contributed by atoms with van der Waals surface area (Å²) >= 11 is 0.714. The number of aryl methyl sites for hydroxylation is 1. The molecular weight excluding hydrogens is 304 g/mol. The Hall–Kier alpha value is -2.89. The second kappa shape index (κ2) is 5.62. The number of carbonyl (C=O) groups is 1. The SMILES string of the molecule is Cc1cc([N+](=O)[O-])nn1CC(=O)Nc1ncc([N+](=O)[O-])s1. The first-order valence-corrected chi connectivity index (χ1v) is 6.27. The molecule has 12 heteroatoms. The van der Waals surface area contributed by atoms with Crippen molar-refractivity contribution < 1.29 is 14.6 Å². The van der Waals surface area contributed by atoms with Crippen molar-refractivity contribution in [3.8, 4) is 0 Å². The fraction of sp³-hybridized carbons (Fsp3) is 0.222. The Bertz CT molecular complexity index is 722. The lowest BCUT2D eigenvalue weighted by atomic mass is 10.4. The Balaban J connectivity index is 2.04. The lowest BCUT2D eigenvalue weighted by molar-refractivity contribution is -0.389. The third-order valence-corrected chi connectivity index (χ3v) is 3.23. The highest BCUT2D eigenvalue weighted by Crippen LogP contribution is 2.24. The van der Waals surface area contributed by atoms with E-state index in [1.165, 1.54) is 6.07 Å². The maximum atomic E-state index is 11.7. The average molecular weight is 312 g/mol. The largest absolute Gasteiger partial charge is 0.390 e. The minimum atomic E-state index is -0.661. The van der Waals surface area contributed by atoms with Crippen LogP contribution in [0.3, 0.4) is 0 Å². The Kier molecular flexibility index (Phi) is 3.89. The van der Waals surface area contributed by atoms with Gasteiger partial charge in [0.05, 0.1) is 21.8 Å². The number of thiazole rings is 1. The van der Waals surface area contributed by atoms with Crippen LogP contribution < -0.4 is 5.32 Å². The van der Waals surface area contributed by atoms with Gasteiger partial charge in [0.1, 0.15) is 12.7 Å². The number of hydrogen-bond donors (Lipinski definition) is 1. The molecule has 0 saturated heterocycles. The molecule has 2 aromatic rings. The molecule has 0 saturated carbocycles. The summed E-state index contributed by atoms with van der Waals surface area (Å²) in [5.74, 6) is -0.898. The lowest BCUT2D eigenvalue weighted by Crippen LogP contribution is -2.20. The van der Waals surface area contributed by atoms with Gasteiger partial charge in [0.2, 0.25) is 5.91 Å². The third-order valence-electron chi connectivity index (χ3n) is 2.37. The first-order chi connectivity index (χ1) is 9.86. The van der Waals surface area contributed by atoms with Crippen molar-refractivity contribution in [2.75, 3.05) is 5.32 Å². The Morgan fingerprint density at radius 1 is 1.43 bits per heavy atom. The highest BCUT2D eigenvalue weighted by molar-refractivity contribution is 7.18. The van der Waals surface area contributed by atoms with Gasteiger partial charge in [-0.25, -0.2) is 4.98 Å². The highest BCUT2D eigenvalue weighted by Gasteiger charge is 2.19. The van der Waals surface area contributed by atoms with Crippen molar-refractivity contribution in [2.45, 2.75) is 13.5 Å². The monoisotopic (exact) mass is 312 g/mol. The van der Waals surface area contributed by atoms with Crippen LogP contribution in [0.15, 0.2) is 12.3 Å². The van der Waals surface area contributed by atoms with E-state index < -0.39 is 15.8 Å². The quantitative estimate of drug-likeness (QED) is 0.642. The summed E-state index contributed by atoms with van der Waals surface area (Å²) in [6.07, 6.45) is 1.03. The number of anilines is 1. The molecule has 0 atom stereocenters. The van der Waals surface area contributed by atoms with Crippen molar-refractivity contribution in [3.05, 3.63) is 38.2 Å². The van der Waals surface area contributed by atoms with Crippen LogP contribution in [0, 0.1) is 27.2 Å². The predicted octanol–water partition coefficient (Wildman–Crippen LogP) is 1.10. The third kappa shape index (κ3) is 3.36. The van der Waals surface area contributed by atoms with Crippen LogP contribution in [-0.2, 0) is 11.3 Å². The summed E-state index contributed by atoms with van der Waals surface area (Å²) in [5, 5.41) is 27.0. The first kappa shape index (κ1) is 14.5. The van der Waals surface area contributed by atoms with Gasteiger partial charge in [-0.2, -0.15) is 4.68 Å². The molecule has 0 radical (unpaired) electrons. The number of hydrogen-bond acceptors (Lipinski definition) is 8. The topological polar surface area (TPSA) is 146 Å². The van der Waals surface area contributed by atoms with Crippen molar-refractivity contribution in [1.82, 2.24) is 14.8 Å². The van der Waals surface area contributed by atoms with Crippen LogP contribution in [0.4, 0.5) is 16.0 Å². The zero-order chi connectivity index (χ0) is 15.6. The van der Waals surface area contributed by atoms with Gasteiger partial charge in [-0.15, -0.1) is 0 Å². The molecule has 0 unspecified atom stereocenters. The number of amides is 1. The summed E-state index contributed by atoms with van der Waals surface area (Å²) in [7, 11) is 0. The first-order valence-electron chi connectivity index (χ1n) is 5.45. The van der Waals surface area contributed by atoms with E-state index in [4.69, 9.17) is 0 Å². The Morgan fingerprint density at radius 3 is 2.67 bits per heavy atom. The number of aromatic nitrogens is 3. The van der Waals surface area contributed by atoms with Gasteiger partial charge in [-0.05, 0) is 23.2 Å². The van der Waals surface area contributed by atoms with E-state index in [9.17, 15) is 25.0 Å². The number of carbonyl (C=O) groups excluding carboxylic acids is 1. The predicted molar refractivity (Wildman–Crippen MR) is 71.0 cm³/mol. The molecule has 1 amide bonds. The Morgan fingerprint density at radius 2 is 2.14 bits per heavy atom. The maximum Gasteiger partial charge on any atom is 0.390 e. The summed E-state index contributed by atoms with van der Waals surface area (Å²) in [5.41, 5.74) is 0.446. The highest BCUT2D eigenvalue weighted by atomic mass is 32.1. The molecule has 0 aliphatic rings. The molecule has 0 spiro atoms. The second-order valence-electron chi connectivity index (χ2n) is 3.87. The molecule has 1 N–H and O–H groups in total. The van der Waals surface area contributed by atoms with E-state index >= 15 is 0 Å². The molecule has 21 heavy (non-hydrogen) atoms. The number of nitro groups is 2. The van der Waals surface area contributed by atoms with Gasteiger partial charge in [0, 0.05) is 0 Å². The molecule has 11 nitrogen and oxygen atoms in total. The van der Waals surface area contributed by atoms with Gasteiger partial charge in [-0.1, -0.05) is 0 Å². The minimum Gasteiger partial charge on any atom is -0.358 e. The zero-order valence-electron chi connectivity index (χ0n) is 10.5. The van der Waals surface area contributed by atoms with Gasteiger partial charge >= 0.3 is 10.8 Å². The molecule has 2 heterocycles. The van der Waals surface area contributed by atoms with Crippen LogP contribution in [0.5, 0.6) is 0 Å². The summed E-state index contributed by atoms with van der Waals surface area (Å²) < 4.78 is 1.16. The smallest absolute Gasteiger partial charge is 0.358 e. The number of nitrogens with one attached hydrogen (secondary N) is 1. The standard InChI is InChI=1S/C9H8N6O5S/c1-5-2-6(14(17)18)12-13(5)4-7(16)11-9-10-3-8(21-9)15(19)20/h2-3H,4H2,1H3,(H,10,11,16). The number of rotatable bonds is 5. The van der Waals surface area contributed by atoms with E-state index in [-0.39, 0.29) is 22.5 Å². The summed E-state index contributed by atoms with van der Waals surface area (Å²) in [6.45, 7) is 1.31. The van der Waals surface area contributed by atoms with Crippen molar-refractivity contribution in [3.63, 3.8) is 0 Å². The van der Waals surface area contributed by atoms with Crippen LogP contribution in [0.25, 0.3) is 0 Å². The van der Waals surface area contributed by atoms with Crippen molar-refractivity contribution >= 4 is 33.2 Å². The lowest BCUT2D eigenvalue weighted by Gasteiger charge is -2.00. The van der Waals surface area contributed by atoms with Crippen LogP contribution in [-0.4, -0.2) is 30.5 Å². The zero-order valence-corrected chi connectivity index (χ0v) is 11.4. The van der Waals surface area contributed by atoms with E-state index in [0.29, 0.717) is 17.0 Å². The van der Waals surface area contributed by atoms with Gasteiger partial charge < -0.3 is 15.4 Å². The number of nitrogens with zero attached hydrogens (tertiary/aromatic N) is 5. The minimum absolute atomic E-state index is 0.0750. The van der Waals surface area contributed by atoms with Crippen LogP contribution >= 0.6 is 11.3 Å². The molecule has 0 fully saturated rings. The molecule has 0 bridgehead atoms. The second-order valence-corrected chi connectivity index (χ2v) is 4.88. The molecule has 110 valence electrons. The van der Waals surface area contributed by atoms with Crippen molar-refractivity contribution in [1.29, 1.82) is 0 Å². The molecule has 2 rings (SSSR count). The van der Waals surface area contributed by atoms with Crippen LogP contribution in [0.2, 0.25) is 0 Å². The van der Waals surface area contributed by atoms with Crippen LogP contribution in [0.1, 0.15) is 5.69 Å². The average Bonchev–Trinajstić information content (AvgIpc) is 2.97. The Labute approximate surface area is 120 Å². The fourth-order valence-electron chi connectivity index (χ4n) is 1.44.